The molecule has 0 saturated carbocycles. The Hall–Kier alpha value is -3.56. The summed E-state index contributed by atoms with van der Waals surface area (Å²) in [5, 5.41) is 14.3. The zero-order chi connectivity index (χ0) is 21.9. The van der Waals surface area contributed by atoms with Crippen LogP contribution in [0.1, 0.15) is 16.8 Å². The van der Waals surface area contributed by atoms with E-state index < -0.39 is 27.5 Å². The number of rotatable bonds is 5. The van der Waals surface area contributed by atoms with Crippen LogP contribution in [-0.4, -0.2) is 23.4 Å². The van der Waals surface area contributed by atoms with Gasteiger partial charge in [0.2, 0.25) is 15.9 Å². The molecule has 3 aromatic rings. The van der Waals surface area contributed by atoms with E-state index >= 15 is 0 Å². The monoisotopic (exact) mass is 435 g/mol. The minimum atomic E-state index is -4.48. The van der Waals surface area contributed by atoms with Gasteiger partial charge in [0.1, 0.15) is 23.3 Å². The van der Waals surface area contributed by atoms with Gasteiger partial charge in [0.05, 0.1) is 16.8 Å². The van der Waals surface area contributed by atoms with Crippen LogP contribution >= 0.6 is 0 Å². The molecule has 0 radical (unpaired) electrons. The first-order valence-corrected chi connectivity index (χ1v) is 9.84. The fraction of sp³-hybridized carbons (Fsp3) is 0.111. The van der Waals surface area contributed by atoms with Gasteiger partial charge in [-0.3, -0.25) is 4.98 Å². The SMILES string of the molecule is N#Cc1cc(-c2nccnc2Oc2ccc(C(F)(F)F)cc2)cnc1CS(N)(=O)=O. The van der Waals surface area contributed by atoms with Crippen LogP contribution in [0.15, 0.2) is 48.9 Å². The lowest BCUT2D eigenvalue weighted by Gasteiger charge is -2.11. The van der Waals surface area contributed by atoms with Crippen molar-refractivity contribution < 1.29 is 26.3 Å². The second-order valence-corrected chi connectivity index (χ2v) is 7.59. The zero-order valence-corrected chi connectivity index (χ0v) is 15.8. The van der Waals surface area contributed by atoms with E-state index in [9.17, 15) is 26.9 Å². The van der Waals surface area contributed by atoms with Gasteiger partial charge in [-0.1, -0.05) is 0 Å². The topological polar surface area (TPSA) is 132 Å². The molecule has 12 heteroatoms. The lowest BCUT2D eigenvalue weighted by molar-refractivity contribution is -0.137. The molecule has 0 spiro atoms. The van der Waals surface area contributed by atoms with E-state index in [1.807, 2.05) is 6.07 Å². The molecule has 0 aliphatic rings. The lowest BCUT2D eigenvalue weighted by atomic mass is 10.1. The number of alkyl halides is 3. The van der Waals surface area contributed by atoms with Crippen molar-refractivity contribution in [2.24, 2.45) is 5.14 Å². The molecule has 0 aliphatic carbocycles. The Morgan fingerprint density at radius 2 is 1.77 bits per heavy atom. The largest absolute Gasteiger partial charge is 0.437 e. The van der Waals surface area contributed by atoms with E-state index in [1.165, 1.54) is 24.7 Å². The summed E-state index contributed by atoms with van der Waals surface area (Å²) in [6.45, 7) is 0. The minimum Gasteiger partial charge on any atom is -0.437 e. The smallest absolute Gasteiger partial charge is 0.416 e. The molecule has 0 unspecified atom stereocenters. The van der Waals surface area contributed by atoms with E-state index in [0.717, 1.165) is 24.3 Å². The first kappa shape index (κ1) is 21.2. The molecule has 2 aromatic heterocycles. The van der Waals surface area contributed by atoms with Crippen molar-refractivity contribution in [2.75, 3.05) is 0 Å². The highest BCUT2D eigenvalue weighted by molar-refractivity contribution is 7.88. The number of hydrogen-bond acceptors (Lipinski definition) is 7. The Labute approximate surface area is 168 Å². The third-order valence-corrected chi connectivity index (χ3v) is 4.44. The van der Waals surface area contributed by atoms with E-state index in [0.29, 0.717) is 5.56 Å². The van der Waals surface area contributed by atoms with Crippen molar-refractivity contribution in [1.29, 1.82) is 5.26 Å². The second-order valence-electron chi connectivity index (χ2n) is 5.97. The van der Waals surface area contributed by atoms with Crippen LogP contribution < -0.4 is 9.88 Å². The number of halogens is 3. The molecule has 154 valence electrons. The summed E-state index contributed by atoms with van der Waals surface area (Å²) in [5.74, 6) is -0.572. The summed E-state index contributed by atoms with van der Waals surface area (Å²) < 4.78 is 66.2. The Morgan fingerprint density at radius 3 is 2.37 bits per heavy atom. The number of sulfonamides is 1. The number of nitrogens with zero attached hydrogens (tertiary/aromatic N) is 4. The predicted molar refractivity (Wildman–Crippen MR) is 98.3 cm³/mol. The Balaban J connectivity index is 1.95. The first-order chi connectivity index (χ1) is 14.1. The van der Waals surface area contributed by atoms with Gasteiger partial charge in [-0.15, -0.1) is 0 Å². The summed E-state index contributed by atoms with van der Waals surface area (Å²) in [6.07, 6.45) is -0.546. The molecule has 0 saturated heterocycles. The highest BCUT2D eigenvalue weighted by Crippen LogP contribution is 2.33. The molecule has 3 rings (SSSR count). The number of nitriles is 1. The van der Waals surface area contributed by atoms with Gasteiger partial charge in [0.15, 0.2) is 0 Å². The van der Waals surface area contributed by atoms with Gasteiger partial charge in [0, 0.05) is 24.2 Å². The molecule has 0 amide bonds. The van der Waals surface area contributed by atoms with Gasteiger partial charge < -0.3 is 4.74 Å². The summed E-state index contributed by atoms with van der Waals surface area (Å²) in [7, 11) is -3.90. The first-order valence-electron chi connectivity index (χ1n) is 8.13. The van der Waals surface area contributed by atoms with Crippen LogP contribution in [-0.2, 0) is 22.0 Å². The maximum Gasteiger partial charge on any atom is 0.416 e. The Bertz CT molecular complexity index is 1220. The fourth-order valence-corrected chi connectivity index (χ4v) is 3.06. The third-order valence-electron chi connectivity index (χ3n) is 3.76. The minimum absolute atomic E-state index is 0.0298. The molecule has 2 heterocycles. The molecule has 0 bridgehead atoms. The van der Waals surface area contributed by atoms with Gasteiger partial charge in [-0.2, -0.15) is 18.4 Å². The second kappa shape index (κ2) is 8.05. The quantitative estimate of drug-likeness (QED) is 0.651. The Kier molecular flexibility index (Phi) is 5.68. The zero-order valence-electron chi connectivity index (χ0n) is 15.0. The molecule has 0 fully saturated rings. The van der Waals surface area contributed by atoms with Crippen LogP contribution in [0.3, 0.4) is 0 Å². The molecular formula is C18H12F3N5O3S. The van der Waals surface area contributed by atoms with Crippen molar-refractivity contribution in [1.82, 2.24) is 15.0 Å². The van der Waals surface area contributed by atoms with Crippen LogP contribution in [0, 0.1) is 11.3 Å². The summed E-state index contributed by atoms with van der Waals surface area (Å²) in [4.78, 5) is 12.1. The summed E-state index contributed by atoms with van der Waals surface area (Å²) >= 11 is 0. The highest BCUT2D eigenvalue weighted by atomic mass is 32.2. The van der Waals surface area contributed by atoms with E-state index in [4.69, 9.17) is 9.88 Å². The number of primary sulfonamides is 1. The van der Waals surface area contributed by atoms with Gasteiger partial charge >= 0.3 is 6.18 Å². The Morgan fingerprint density at radius 1 is 1.10 bits per heavy atom. The van der Waals surface area contributed by atoms with Gasteiger partial charge in [-0.25, -0.2) is 23.5 Å². The van der Waals surface area contributed by atoms with Crippen molar-refractivity contribution in [3.8, 4) is 29.0 Å². The molecule has 1 aromatic carbocycles. The number of pyridine rings is 1. The average molecular weight is 435 g/mol. The van der Waals surface area contributed by atoms with Crippen molar-refractivity contribution in [3.63, 3.8) is 0 Å². The molecule has 0 aliphatic heterocycles. The molecule has 0 atom stereocenters. The standard InChI is InChI=1S/C18H12F3N5O3S/c19-18(20,21)13-1-3-14(4-2-13)29-17-16(24-5-6-25-17)12-7-11(8-22)15(26-9-12)10-30(23,27)28/h1-7,9H,10H2,(H2,23,27,28). The van der Waals surface area contributed by atoms with Crippen LogP contribution in [0.2, 0.25) is 0 Å². The number of ether oxygens (including phenoxy) is 1. The summed E-state index contributed by atoms with van der Waals surface area (Å²) in [5.41, 5.74) is -0.448. The van der Waals surface area contributed by atoms with Crippen molar-refractivity contribution in [2.45, 2.75) is 11.9 Å². The van der Waals surface area contributed by atoms with Crippen LogP contribution in [0.25, 0.3) is 11.3 Å². The summed E-state index contributed by atoms with van der Waals surface area (Å²) in [6, 6.07) is 7.18. The van der Waals surface area contributed by atoms with E-state index in [2.05, 4.69) is 15.0 Å². The van der Waals surface area contributed by atoms with Crippen molar-refractivity contribution >= 4 is 10.0 Å². The normalized spacial score (nSPS) is 11.7. The number of nitrogens with two attached hydrogens (primary N) is 1. The van der Waals surface area contributed by atoms with E-state index in [-0.39, 0.29) is 28.6 Å². The van der Waals surface area contributed by atoms with Crippen LogP contribution in [0.5, 0.6) is 11.6 Å². The average Bonchev–Trinajstić information content (AvgIpc) is 2.67. The maximum absolute atomic E-state index is 12.7. The maximum atomic E-state index is 12.7. The predicted octanol–water partition coefficient (Wildman–Crippen LogP) is 3.01. The van der Waals surface area contributed by atoms with Crippen molar-refractivity contribution in [3.05, 3.63) is 65.7 Å². The highest BCUT2D eigenvalue weighted by Gasteiger charge is 2.30. The lowest BCUT2D eigenvalue weighted by Crippen LogP contribution is -2.16. The van der Waals surface area contributed by atoms with Gasteiger partial charge in [0.25, 0.3) is 0 Å². The van der Waals surface area contributed by atoms with E-state index in [1.54, 1.807) is 0 Å². The number of benzene rings is 1. The third kappa shape index (κ3) is 5.07. The number of aromatic nitrogens is 3. The van der Waals surface area contributed by atoms with Gasteiger partial charge in [-0.05, 0) is 30.3 Å². The van der Waals surface area contributed by atoms with Crippen LogP contribution in [0.4, 0.5) is 13.2 Å². The molecular weight excluding hydrogens is 423 g/mol. The fourth-order valence-electron chi connectivity index (χ4n) is 2.45. The molecule has 30 heavy (non-hydrogen) atoms. The number of hydrogen-bond donors (Lipinski definition) is 1. The molecule has 8 nitrogen and oxygen atoms in total. The molecule has 2 N–H and O–H groups in total.